The van der Waals surface area contributed by atoms with Gasteiger partial charge in [0.15, 0.2) is 0 Å². The van der Waals surface area contributed by atoms with Crippen molar-refractivity contribution in [3.63, 3.8) is 0 Å². The van der Waals surface area contributed by atoms with Crippen LogP contribution in [-0.2, 0) is 4.74 Å². The van der Waals surface area contributed by atoms with Crippen molar-refractivity contribution < 1.29 is 9.53 Å². The summed E-state index contributed by atoms with van der Waals surface area (Å²) in [7, 11) is 0. The number of fused-ring (bicyclic) bond motifs is 2. The smallest absolute Gasteiger partial charge is 0.411 e. The summed E-state index contributed by atoms with van der Waals surface area (Å²) < 4.78 is 6.01. The van der Waals surface area contributed by atoms with E-state index in [1.165, 1.54) is 64.5 Å². The lowest BCUT2D eigenvalue weighted by atomic mass is 9.67. The lowest BCUT2D eigenvalue weighted by Gasteiger charge is -2.50. The lowest BCUT2D eigenvalue weighted by molar-refractivity contribution is -0.0688. The highest BCUT2D eigenvalue weighted by molar-refractivity contribution is 5.84. The summed E-state index contributed by atoms with van der Waals surface area (Å²) in [5, 5.41) is 2.90. The first-order valence-electron chi connectivity index (χ1n) is 10.1. The van der Waals surface area contributed by atoms with E-state index in [1.54, 1.807) is 0 Å². The molecule has 136 valence electrons. The fourth-order valence-corrected chi connectivity index (χ4v) is 5.29. The molecular formula is C21H30N2O2. The number of likely N-dealkylation sites (tertiary alicyclic amines) is 1. The quantitative estimate of drug-likeness (QED) is 0.868. The molecule has 0 aromatic heterocycles. The Labute approximate surface area is 150 Å². The van der Waals surface area contributed by atoms with Gasteiger partial charge in [0.25, 0.3) is 0 Å². The Bertz CT molecular complexity index is 571. The average Bonchev–Trinajstić information content (AvgIpc) is 2.63. The Morgan fingerprint density at radius 2 is 1.76 bits per heavy atom. The zero-order valence-electron chi connectivity index (χ0n) is 15.0. The summed E-state index contributed by atoms with van der Waals surface area (Å²) in [4.78, 5) is 15.1. The number of hydrogen-bond acceptors (Lipinski definition) is 3. The number of piperidine rings is 1. The van der Waals surface area contributed by atoms with E-state index in [4.69, 9.17) is 4.74 Å². The Balaban J connectivity index is 1.42. The molecule has 4 heteroatoms. The van der Waals surface area contributed by atoms with Gasteiger partial charge >= 0.3 is 6.09 Å². The fraction of sp³-hybridized carbons (Fsp3) is 0.667. The van der Waals surface area contributed by atoms with Crippen molar-refractivity contribution in [2.45, 2.75) is 63.5 Å². The molecule has 0 unspecified atom stereocenters. The van der Waals surface area contributed by atoms with Crippen LogP contribution in [0.15, 0.2) is 30.3 Å². The highest BCUT2D eigenvalue weighted by Crippen LogP contribution is 2.44. The van der Waals surface area contributed by atoms with E-state index in [1.807, 2.05) is 30.3 Å². The SMILES string of the molecule is O=C(Nc1ccccc1)O[C@@H]1[C@H]2CCC[C@@H]1[C@H](N1CCCCC1)CC2. The van der Waals surface area contributed by atoms with Crippen LogP contribution in [0.2, 0.25) is 0 Å². The molecule has 3 fully saturated rings. The van der Waals surface area contributed by atoms with Crippen molar-refractivity contribution in [1.29, 1.82) is 0 Å². The number of carbonyl (C=O) groups is 1. The van der Waals surface area contributed by atoms with Crippen LogP contribution in [0.4, 0.5) is 10.5 Å². The van der Waals surface area contributed by atoms with Gasteiger partial charge in [-0.15, -0.1) is 0 Å². The Kier molecular flexibility index (Phi) is 5.25. The number of nitrogens with zero attached hydrogens (tertiary/aromatic N) is 1. The van der Waals surface area contributed by atoms with Crippen molar-refractivity contribution in [2.75, 3.05) is 18.4 Å². The molecule has 4 atom stereocenters. The van der Waals surface area contributed by atoms with Gasteiger partial charge in [0.2, 0.25) is 0 Å². The Hall–Kier alpha value is -1.55. The number of rotatable bonds is 3. The second kappa shape index (κ2) is 7.77. The second-order valence-electron chi connectivity index (χ2n) is 7.96. The normalized spacial score (nSPS) is 32.8. The first kappa shape index (κ1) is 16.9. The first-order chi connectivity index (χ1) is 12.3. The number of anilines is 1. The van der Waals surface area contributed by atoms with Crippen molar-refractivity contribution in [3.05, 3.63) is 30.3 Å². The molecule has 0 spiro atoms. The molecule has 1 aromatic rings. The van der Waals surface area contributed by atoms with Crippen LogP contribution in [0.25, 0.3) is 0 Å². The number of hydrogen-bond donors (Lipinski definition) is 1. The van der Waals surface area contributed by atoms with Gasteiger partial charge in [0, 0.05) is 17.6 Å². The molecule has 2 aliphatic carbocycles. The molecule has 25 heavy (non-hydrogen) atoms. The van der Waals surface area contributed by atoms with Gasteiger partial charge in [-0.3, -0.25) is 10.2 Å². The molecule has 2 bridgehead atoms. The zero-order chi connectivity index (χ0) is 17.1. The van der Waals surface area contributed by atoms with Crippen molar-refractivity contribution in [1.82, 2.24) is 4.90 Å². The van der Waals surface area contributed by atoms with Crippen LogP contribution in [0, 0.1) is 11.8 Å². The number of amides is 1. The van der Waals surface area contributed by atoms with E-state index in [0.717, 1.165) is 5.69 Å². The minimum Gasteiger partial charge on any atom is -0.445 e. The Morgan fingerprint density at radius 3 is 2.56 bits per heavy atom. The minimum absolute atomic E-state index is 0.0955. The molecular weight excluding hydrogens is 312 g/mol. The van der Waals surface area contributed by atoms with Gasteiger partial charge in [0.1, 0.15) is 6.10 Å². The molecule has 4 rings (SSSR count). The zero-order valence-corrected chi connectivity index (χ0v) is 15.0. The maximum absolute atomic E-state index is 12.4. The third-order valence-corrected chi connectivity index (χ3v) is 6.45. The maximum Gasteiger partial charge on any atom is 0.411 e. The van der Waals surface area contributed by atoms with Crippen LogP contribution >= 0.6 is 0 Å². The summed E-state index contributed by atoms with van der Waals surface area (Å²) in [5.41, 5.74) is 0.807. The second-order valence-corrected chi connectivity index (χ2v) is 7.96. The van der Waals surface area contributed by atoms with Crippen LogP contribution in [0.1, 0.15) is 51.4 Å². The molecule has 1 heterocycles. The molecule has 1 aromatic carbocycles. The predicted molar refractivity (Wildman–Crippen MR) is 99.6 cm³/mol. The topological polar surface area (TPSA) is 41.6 Å². The molecule has 1 amide bonds. The third kappa shape index (κ3) is 3.84. The first-order valence-corrected chi connectivity index (χ1v) is 10.1. The molecule has 0 radical (unpaired) electrons. The average molecular weight is 342 g/mol. The van der Waals surface area contributed by atoms with E-state index in [-0.39, 0.29) is 12.2 Å². The summed E-state index contributed by atoms with van der Waals surface area (Å²) in [6.45, 7) is 2.46. The number of carbonyl (C=O) groups excluding carboxylic acids is 1. The standard InChI is InChI=1S/C21H30N2O2/c24-21(22-17-9-3-1-4-10-17)25-20-16-8-7-11-18(20)19(13-12-16)23-14-5-2-6-15-23/h1,3-4,9-10,16,18-20H,2,5-8,11-15H2,(H,22,24)/t16-,18+,19+,20+/m0/s1. The van der Waals surface area contributed by atoms with Gasteiger partial charge in [0.05, 0.1) is 0 Å². The summed E-state index contributed by atoms with van der Waals surface area (Å²) in [5.74, 6) is 1.08. The number of nitrogens with one attached hydrogen (secondary N) is 1. The van der Waals surface area contributed by atoms with Crippen LogP contribution < -0.4 is 5.32 Å². The largest absolute Gasteiger partial charge is 0.445 e. The van der Waals surface area contributed by atoms with Crippen molar-refractivity contribution in [3.8, 4) is 0 Å². The van der Waals surface area contributed by atoms with Gasteiger partial charge in [-0.05, 0) is 69.7 Å². The molecule has 3 aliphatic rings. The summed E-state index contributed by atoms with van der Waals surface area (Å²) in [6.07, 6.45) is 10.0. The number of benzene rings is 1. The van der Waals surface area contributed by atoms with Crippen LogP contribution in [0.5, 0.6) is 0 Å². The van der Waals surface area contributed by atoms with Crippen LogP contribution in [0.3, 0.4) is 0 Å². The lowest BCUT2D eigenvalue weighted by Crippen LogP contribution is -2.54. The summed E-state index contributed by atoms with van der Waals surface area (Å²) >= 11 is 0. The van der Waals surface area contributed by atoms with Gasteiger partial charge < -0.3 is 4.74 Å². The van der Waals surface area contributed by atoms with E-state index in [0.29, 0.717) is 17.9 Å². The molecule has 1 N–H and O–H groups in total. The molecule has 2 saturated carbocycles. The monoisotopic (exact) mass is 342 g/mol. The predicted octanol–water partition coefficient (Wildman–Crippen LogP) is 4.67. The minimum atomic E-state index is -0.285. The van der Waals surface area contributed by atoms with E-state index >= 15 is 0 Å². The van der Waals surface area contributed by atoms with Gasteiger partial charge in [-0.1, -0.05) is 31.0 Å². The third-order valence-electron chi connectivity index (χ3n) is 6.45. The number of ether oxygens (including phenoxy) is 1. The Morgan fingerprint density at radius 1 is 0.960 bits per heavy atom. The molecule has 1 saturated heterocycles. The van der Waals surface area contributed by atoms with E-state index in [2.05, 4.69) is 10.2 Å². The van der Waals surface area contributed by atoms with Crippen molar-refractivity contribution in [2.24, 2.45) is 11.8 Å². The van der Waals surface area contributed by atoms with Gasteiger partial charge in [-0.25, -0.2) is 4.79 Å². The van der Waals surface area contributed by atoms with Gasteiger partial charge in [-0.2, -0.15) is 0 Å². The van der Waals surface area contributed by atoms with Crippen LogP contribution in [-0.4, -0.2) is 36.2 Å². The highest BCUT2D eigenvalue weighted by Gasteiger charge is 2.46. The fourth-order valence-electron chi connectivity index (χ4n) is 5.29. The highest BCUT2D eigenvalue weighted by atomic mass is 16.6. The van der Waals surface area contributed by atoms with E-state index < -0.39 is 0 Å². The maximum atomic E-state index is 12.4. The van der Waals surface area contributed by atoms with E-state index in [9.17, 15) is 4.79 Å². The number of para-hydroxylation sites is 1. The van der Waals surface area contributed by atoms with Crippen molar-refractivity contribution >= 4 is 11.8 Å². The molecule has 4 nitrogen and oxygen atoms in total. The molecule has 1 aliphatic heterocycles. The summed E-state index contributed by atoms with van der Waals surface area (Å²) in [6, 6.07) is 10.2.